The van der Waals surface area contributed by atoms with E-state index >= 15 is 0 Å². The molecule has 0 spiro atoms. The Balaban J connectivity index is 0.00000117. The van der Waals surface area contributed by atoms with Gasteiger partial charge in [0.05, 0.1) is 6.42 Å². The number of ketones is 3. The van der Waals surface area contributed by atoms with Crippen molar-refractivity contribution in [2.24, 2.45) is 17.8 Å². The summed E-state index contributed by atoms with van der Waals surface area (Å²) in [6.07, 6.45) is 12.0. The van der Waals surface area contributed by atoms with Crippen LogP contribution in [-0.4, -0.2) is 17.3 Å². The smallest absolute Gasteiger partial charge is 0.163 e. The van der Waals surface area contributed by atoms with Crippen LogP contribution >= 0.6 is 0 Å². The largest absolute Gasteiger partial charge is 0.300 e. The molecule has 3 unspecified atom stereocenters. The number of hydrogen-bond acceptors (Lipinski definition) is 3. The predicted molar refractivity (Wildman–Crippen MR) is 155 cm³/mol. The minimum Gasteiger partial charge on any atom is -0.300 e. The van der Waals surface area contributed by atoms with Crippen LogP contribution in [0.5, 0.6) is 0 Å². The molecule has 1 aromatic rings. The van der Waals surface area contributed by atoms with Crippen molar-refractivity contribution in [3.8, 4) is 0 Å². The van der Waals surface area contributed by atoms with E-state index in [4.69, 9.17) is 0 Å². The zero-order chi connectivity index (χ0) is 27.7. The summed E-state index contributed by atoms with van der Waals surface area (Å²) in [6, 6.07) is 4.15. The lowest BCUT2D eigenvalue weighted by Gasteiger charge is -2.32. The molecular weight excluding hydrogens is 444 g/mol. The lowest BCUT2D eigenvalue weighted by atomic mass is 9.71. The van der Waals surface area contributed by atoms with Gasteiger partial charge in [-0.15, -0.1) is 0 Å². The van der Waals surface area contributed by atoms with Gasteiger partial charge in [0.25, 0.3) is 0 Å². The fourth-order valence-electron chi connectivity index (χ4n) is 5.39. The van der Waals surface area contributed by atoms with Gasteiger partial charge in [-0.2, -0.15) is 0 Å². The standard InChI is InChI=1S/C24H34O3.C6H14.C3H8/c1-6-8-19(20(7-2)22(26)11-17(5)25)12-18-13-21-15(3)9-10-16(4)24(21)23(27)14-18;1-3-5-6-4-2;1-3-2/h9-10,18-20H,6-8,11-14H2,1-5H3;3-6H2,1-2H3;3H2,1-2H3. The summed E-state index contributed by atoms with van der Waals surface area (Å²) < 4.78 is 0. The third-order valence-electron chi connectivity index (χ3n) is 7.10. The fourth-order valence-corrected chi connectivity index (χ4v) is 5.39. The molecule has 2 rings (SSSR count). The Labute approximate surface area is 223 Å². The van der Waals surface area contributed by atoms with Crippen molar-refractivity contribution in [2.45, 2.75) is 139 Å². The van der Waals surface area contributed by atoms with E-state index in [1.165, 1.54) is 50.2 Å². The molecule has 0 aliphatic heterocycles. The molecule has 1 aliphatic carbocycles. The number of carbonyl (C=O) groups is 3. The molecule has 0 aromatic heterocycles. The Morgan fingerprint density at radius 2 is 1.44 bits per heavy atom. The highest BCUT2D eigenvalue weighted by Gasteiger charge is 2.33. The predicted octanol–water partition coefficient (Wildman–Crippen LogP) is 9.43. The van der Waals surface area contributed by atoms with Gasteiger partial charge < -0.3 is 0 Å². The number of carbonyl (C=O) groups excluding carboxylic acids is 3. The van der Waals surface area contributed by atoms with E-state index < -0.39 is 0 Å². The summed E-state index contributed by atoms with van der Waals surface area (Å²) in [6.45, 7) is 18.5. The van der Waals surface area contributed by atoms with Crippen LogP contribution in [-0.2, 0) is 16.0 Å². The highest BCUT2D eigenvalue weighted by Crippen LogP contribution is 2.37. The number of unbranched alkanes of at least 4 members (excludes halogenated alkanes) is 3. The number of aryl methyl sites for hydroxylation is 2. The molecule has 1 aromatic carbocycles. The first-order valence-electron chi connectivity index (χ1n) is 14.8. The number of hydrogen-bond donors (Lipinski definition) is 0. The molecule has 0 saturated heterocycles. The summed E-state index contributed by atoms with van der Waals surface area (Å²) in [5.41, 5.74) is 4.40. The average molecular weight is 501 g/mol. The SMILES string of the molecule is CCC.CCCC(CC1CC(=O)c2c(C)ccc(C)c2C1)C(CC)C(=O)CC(C)=O.CCCCCC. The highest BCUT2D eigenvalue weighted by molar-refractivity contribution is 6.00. The number of Topliss-reactive ketones (excluding diaryl/α,β-unsaturated/α-hetero) is 3. The number of benzene rings is 1. The molecule has 36 heavy (non-hydrogen) atoms. The molecule has 3 heteroatoms. The van der Waals surface area contributed by atoms with Crippen LogP contribution in [0.15, 0.2) is 12.1 Å². The van der Waals surface area contributed by atoms with Crippen LogP contribution in [0.25, 0.3) is 0 Å². The van der Waals surface area contributed by atoms with Crippen LogP contribution in [0.2, 0.25) is 0 Å². The molecule has 0 bridgehead atoms. The van der Waals surface area contributed by atoms with Gasteiger partial charge in [0.15, 0.2) is 5.78 Å². The van der Waals surface area contributed by atoms with Gasteiger partial charge in [-0.1, -0.05) is 98.6 Å². The minimum absolute atomic E-state index is 0.0451. The fraction of sp³-hybridized carbons (Fsp3) is 0.727. The Bertz CT molecular complexity index is 788. The quantitative estimate of drug-likeness (QED) is 0.212. The summed E-state index contributed by atoms with van der Waals surface area (Å²) >= 11 is 0. The van der Waals surface area contributed by atoms with Gasteiger partial charge in [-0.3, -0.25) is 14.4 Å². The molecule has 0 heterocycles. The Morgan fingerprint density at radius 1 is 0.889 bits per heavy atom. The van der Waals surface area contributed by atoms with E-state index in [0.717, 1.165) is 43.2 Å². The van der Waals surface area contributed by atoms with Crippen molar-refractivity contribution in [2.75, 3.05) is 0 Å². The highest BCUT2D eigenvalue weighted by atomic mass is 16.1. The third kappa shape index (κ3) is 12.0. The Kier molecular flexibility index (Phi) is 18.4. The molecule has 3 atom stereocenters. The van der Waals surface area contributed by atoms with Crippen molar-refractivity contribution in [1.82, 2.24) is 0 Å². The Hall–Kier alpha value is -1.77. The lowest BCUT2D eigenvalue weighted by molar-refractivity contribution is -0.129. The van der Waals surface area contributed by atoms with E-state index in [1.54, 1.807) is 0 Å². The van der Waals surface area contributed by atoms with Crippen LogP contribution in [0, 0.1) is 31.6 Å². The van der Waals surface area contributed by atoms with Crippen LogP contribution < -0.4 is 0 Å². The van der Waals surface area contributed by atoms with E-state index in [0.29, 0.717) is 12.3 Å². The van der Waals surface area contributed by atoms with Gasteiger partial charge in [0.2, 0.25) is 0 Å². The van der Waals surface area contributed by atoms with E-state index in [1.807, 2.05) is 19.9 Å². The molecule has 3 nitrogen and oxygen atoms in total. The molecule has 1 aliphatic rings. The van der Waals surface area contributed by atoms with Crippen molar-refractivity contribution >= 4 is 17.3 Å². The molecule has 0 fully saturated rings. The van der Waals surface area contributed by atoms with Crippen LogP contribution in [0.1, 0.15) is 146 Å². The van der Waals surface area contributed by atoms with Crippen molar-refractivity contribution in [3.63, 3.8) is 0 Å². The molecule has 0 saturated carbocycles. The molecular formula is C33H56O3. The lowest BCUT2D eigenvalue weighted by Crippen LogP contribution is -2.30. The van der Waals surface area contributed by atoms with Gasteiger partial charge in [-0.05, 0) is 68.6 Å². The zero-order valence-electron chi connectivity index (χ0n) is 25.1. The second-order valence-corrected chi connectivity index (χ2v) is 10.8. The van der Waals surface area contributed by atoms with Crippen molar-refractivity contribution in [3.05, 3.63) is 34.4 Å². The summed E-state index contributed by atoms with van der Waals surface area (Å²) in [7, 11) is 0. The number of fused-ring (bicyclic) bond motifs is 1. The normalized spacial score (nSPS) is 16.0. The third-order valence-corrected chi connectivity index (χ3v) is 7.10. The van der Waals surface area contributed by atoms with Crippen LogP contribution in [0.3, 0.4) is 0 Å². The minimum atomic E-state index is -0.0658. The van der Waals surface area contributed by atoms with Gasteiger partial charge in [-0.25, -0.2) is 0 Å². The maximum Gasteiger partial charge on any atom is 0.163 e. The Morgan fingerprint density at radius 3 is 1.92 bits per heavy atom. The topological polar surface area (TPSA) is 51.2 Å². The van der Waals surface area contributed by atoms with Gasteiger partial charge in [0, 0.05) is 17.9 Å². The van der Waals surface area contributed by atoms with E-state index in [2.05, 4.69) is 47.6 Å². The summed E-state index contributed by atoms with van der Waals surface area (Å²) in [5.74, 6) is 0.766. The molecule has 206 valence electrons. The van der Waals surface area contributed by atoms with E-state index in [9.17, 15) is 14.4 Å². The molecule has 0 amide bonds. The maximum atomic E-state index is 12.8. The monoisotopic (exact) mass is 500 g/mol. The first-order valence-corrected chi connectivity index (χ1v) is 14.8. The summed E-state index contributed by atoms with van der Waals surface area (Å²) in [5, 5.41) is 0. The van der Waals surface area contributed by atoms with E-state index in [-0.39, 0.29) is 35.6 Å². The first-order chi connectivity index (χ1) is 17.1. The zero-order valence-corrected chi connectivity index (χ0v) is 25.1. The van der Waals surface area contributed by atoms with Crippen molar-refractivity contribution < 1.29 is 14.4 Å². The summed E-state index contributed by atoms with van der Waals surface area (Å²) in [4.78, 5) is 36.9. The molecule has 0 N–H and O–H groups in total. The van der Waals surface area contributed by atoms with Gasteiger partial charge >= 0.3 is 0 Å². The number of rotatable bonds is 12. The van der Waals surface area contributed by atoms with Gasteiger partial charge in [0.1, 0.15) is 11.6 Å². The van der Waals surface area contributed by atoms with Crippen molar-refractivity contribution in [1.29, 1.82) is 0 Å². The second kappa shape index (κ2) is 19.4. The van der Waals surface area contributed by atoms with Crippen LogP contribution in [0.4, 0.5) is 0 Å². The second-order valence-electron chi connectivity index (χ2n) is 10.8. The average Bonchev–Trinajstić information content (AvgIpc) is 2.81. The maximum absolute atomic E-state index is 12.8. The molecule has 0 radical (unpaired) electrons. The first kappa shape index (κ1) is 34.2.